The maximum Gasteiger partial charge on any atom is 0.295 e. The maximum atomic E-state index is 13.8. The molecule has 0 aromatic heterocycles. The molecular formula is C13H18FN3O3. The third-order valence-corrected chi connectivity index (χ3v) is 2.63. The Morgan fingerprint density at radius 2 is 2.05 bits per heavy atom. The second-order valence-electron chi connectivity index (χ2n) is 4.90. The quantitative estimate of drug-likeness (QED) is 0.620. The molecule has 0 fully saturated rings. The van der Waals surface area contributed by atoms with Crippen molar-refractivity contribution in [1.82, 2.24) is 0 Å². The topological polar surface area (TPSA) is 84.3 Å². The van der Waals surface area contributed by atoms with Crippen molar-refractivity contribution in [1.29, 1.82) is 0 Å². The van der Waals surface area contributed by atoms with Gasteiger partial charge in [-0.05, 0) is 18.4 Å². The summed E-state index contributed by atoms with van der Waals surface area (Å²) in [5.74, 6) is -0.708. The number of rotatable bonds is 6. The summed E-state index contributed by atoms with van der Waals surface area (Å²) in [5.41, 5.74) is -0.344. The van der Waals surface area contributed by atoms with Gasteiger partial charge in [0.05, 0.1) is 16.7 Å². The van der Waals surface area contributed by atoms with E-state index in [-0.39, 0.29) is 11.4 Å². The molecule has 0 aliphatic carbocycles. The van der Waals surface area contributed by atoms with Crippen LogP contribution in [0.4, 0.5) is 21.5 Å². The second kappa shape index (κ2) is 6.83. The first-order chi connectivity index (χ1) is 9.31. The maximum absolute atomic E-state index is 13.8. The summed E-state index contributed by atoms with van der Waals surface area (Å²) in [5, 5.41) is 16.0. The van der Waals surface area contributed by atoms with Crippen LogP contribution in [0, 0.1) is 21.8 Å². The largest absolute Gasteiger partial charge is 0.383 e. The number of halogens is 1. The highest BCUT2D eigenvalue weighted by molar-refractivity contribution is 5.92. The minimum absolute atomic E-state index is 0.0176. The van der Waals surface area contributed by atoms with Crippen LogP contribution in [-0.4, -0.2) is 17.4 Å². The summed E-state index contributed by atoms with van der Waals surface area (Å²) < 4.78 is 13.8. The average Bonchev–Trinajstić information content (AvgIpc) is 2.31. The first-order valence-corrected chi connectivity index (χ1v) is 6.30. The zero-order valence-electron chi connectivity index (χ0n) is 11.7. The lowest BCUT2D eigenvalue weighted by molar-refractivity contribution is -0.384. The van der Waals surface area contributed by atoms with Crippen LogP contribution in [0.1, 0.15) is 27.2 Å². The van der Waals surface area contributed by atoms with Gasteiger partial charge in [-0.25, -0.2) is 4.39 Å². The van der Waals surface area contributed by atoms with E-state index in [2.05, 4.69) is 10.6 Å². The van der Waals surface area contributed by atoms with Crippen molar-refractivity contribution in [3.05, 3.63) is 28.1 Å². The molecular weight excluding hydrogens is 265 g/mol. The van der Waals surface area contributed by atoms with Crippen LogP contribution >= 0.6 is 0 Å². The van der Waals surface area contributed by atoms with E-state index in [4.69, 9.17) is 0 Å². The highest BCUT2D eigenvalue weighted by atomic mass is 19.1. The molecule has 0 heterocycles. The third kappa shape index (κ3) is 4.49. The normalized spacial score (nSPS) is 10.4. The van der Waals surface area contributed by atoms with Gasteiger partial charge in [0.15, 0.2) is 5.82 Å². The van der Waals surface area contributed by atoms with Crippen LogP contribution in [0.3, 0.4) is 0 Å². The number of hydrogen-bond donors (Lipinski definition) is 2. The van der Waals surface area contributed by atoms with Crippen molar-refractivity contribution >= 4 is 23.0 Å². The van der Waals surface area contributed by atoms with Crippen LogP contribution in [-0.2, 0) is 4.79 Å². The Morgan fingerprint density at radius 1 is 1.40 bits per heavy atom. The van der Waals surface area contributed by atoms with E-state index < -0.39 is 22.3 Å². The van der Waals surface area contributed by atoms with Crippen molar-refractivity contribution in [3.63, 3.8) is 0 Å². The highest BCUT2D eigenvalue weighted by Crippen LogP contribution is 2.30. The molecule has 0 spiro atoms. The fraction of sp³-hybridized carbons (Fsp3) is 0.462. The van der Waals surface area contributed by atoms with Crippen molar-refractivity contribution in [2.75, 3.05) is 17.2 Å². The molecule has 0 saturated heterocycles. The first-order valence-electron chi connectivity index (χ1n) is 6.30. The van der Waals surface area contributed by atoms with Crippen LogP contribution in [0.5, 0.6) is 0 Å². The first kappa shape index (κ1) is 15.9. The van der Waals surface area contributed by atoms with E-state index in [9.17, 15) is 19.3 Å². The molecule has 0 saturated carbocycles. The van der Waals surface area contributed by atoms with Gasteiger partial charge in [-0.15, -0.1) is 0 Å². The molecule has 20 heavy (non-hydrogen) atoms. The number of nitro groups is 1. The zero-order chi connectivity index (χ0) is 15.3. The zero-order valence-corrected chi connectivity index (χ0v) is 11.7. The fourth-order valence-corrected chi connectivity index (χ4v) is 1.63. The van der Waals surface area contributed by atoms with Gasteiger partial charge >= 0.3 is 0 Å². The summed E-state index contributed by atoms with van der Waals surface area (Å²) in [7, 11) is 0. The van der Waals surface area contributed by atoms with E-state index >= 15 is 0 Å². The molecule has 0 aliphatic rings. The number of nitro benzene ring substituents is 1. The number of amides is 1. The van der Waals surface area contributed by atoms with Gasteiger partial charge in [0, 0.05) is 13.5 Å². The molecule has 0 unspecified atom stereocenters. The Kier molecular flexibility index (Phi) is 5.42. The molecule has 0 radical (unpaired) electrons. The lowest BCUT2D eigenvalue weighted by atomic mass is 10.1. The minimum atomic E-state index is -0.730. The summed E-state index contributed by atoms with van der Waals surface area (Å²) in [6.45, 7) is 5.86. The summed E-state index contributed by atoms with van der Waals surface area (Å²) in [6, 6.07) is 2.05. The Bertz CT molecular complexity index is 518. The molecule has 1 aromatic rings. The number of anilines is 2. The Balaban J connectivity index is 3.01. The third-order valence-electron chi connectivity index (χ3n) is 2.63. The summed E-state index contributed by atoms with van der Waals surface area (Å²) in [6.07, 6.45) is 0.839. The molecule has 2 N–H and O–H groups in total. The Hall–Kier alpha value is -2.18. The van der Waals surface area contributed by atoms with Crippen molar-refractivity contribution in [2.45, 2.75) is 27.2 Å². The SMILES string of the molecule is CC(=O)Nc1cc(NCCC(C)C)c(F)cc1[N+](=O)[O-]. The van der Waals surface area contributed by atoms with Gasteiger partial charge in [0.1, 0.15) is 5.69 Å². The molecule has 1 aromatic carbocycles. The van der Waals surface area contributed by atoms with Gasteiger partial charge in [0.25, 0.3) is 5.69 Å². The molecule has 7 heteroatoms. The molecule has 1 amide bonds. The number of carbonyl (C=O) groups is 1. The summed E-state index contributed by atoms with van der Waals surface area (Å²) in [4.78, 5) is 21.1. The standard InChI is InChI=1S/C13H18FN3O3/c1-8(2)4-5-15-11-7-12(16-9(3)18)13(17(19)20)6-10(11)14/h6-8,15H,4-5H2,1-3H3,(H,16,18). The van der Waals surface area contributed by atoms with E-state index in [0.29, 0.717) is 12.5 Å². The van der Waals surface area contributed by atoms with Crippen molar-refractivity contribution in [3.8, 4) is 0 Å². The van der Waals surface area contributed by atoms with Gasteiger partial charge in [-0.2, -0.15) is 0 Å². The van der Waals surface area contributed by atoms with Gasteiger partial charge < -0.3 is 10.6 Å². The van der Waals surface area contributed by atoms with Gasteiger partial charge in [-0.1, -0.05) is 13.8 Å². The fourth-order valence-electron chi connectivity index (χ4n) is 1.63. The van der Waals surface area contributed by atoms with Crippen LogP contribution < -0.4 is 10.6 Å². The number of benzene rings is 1. The smallest absolute Gasteiger partial charge is 0.295 e. The predicted molar refractivity (Wildman–Crippen MR) is 75.3 cm³/mol. The lowest BCUT2D eigenvalue weighted by Gasteiger charge is -2.11. The Morgan fingerprint density at radius 3 is 2.55 bits per heavy atom. The molecule has 0 bridgehead atoms. The highest BCUT2D eigenvalue weighted by Gasteiger charge is 2.19. The predicted octanol–water partition coefficient (Wildman–Crippen LogP) is 3.15. The van der Waals surface area contributed by atoms with E-state index in [1.807, 2.05) is 13.8 Å². The molecule has 0 aliphatic heterocycles. The molecule has 1 rings (SSSR count). The second-order valence-corrected chi connectivity index (χ2v) is 4.90. The summed E-state index contributed by atoms with van der Waals surface area (Å²) >= 11 is 0. The minimum Gasteiger partial charge on any atom is -0.383 e. The van der Waals surface area contributed by atoms with Gasteiger partial charge in [0.2, 0.25) is 5.91 Å². The Labute approximate surface area is 116 Å². The molecule has 110 valence electrons. The number of nitrogens with one attached hydrogen (secondary N) is 2. The van der Waals surface area contributed by atoms with E-state index in [1.54, 1.807) is 0 Å². The van der Waals surface area contributed by atoms with Crippen LogP contribution in [0.2, 0.25) is 0 Å². The lowest BCUT2D eigenvalue weighted by Crippen LogP contribution is -2.11. The number of hydrogen-bond acceptors (Lipinski definition) is 4. The average molecular weight is 283 g/mol. The van der Waals surface area contributed by atoms with Crippen LogP contribution in [0.15, 0.2) is 12.1 Å². The van der Waals surface area contributed by atoms with E-state index in [0.717, 1.165) is 12.5 Å². The molecule has 0 atom stereocenters. The number of nitrogens with zero attached hydrogens (tertiary/aromatic N) is 1. The monoisotopic (exact) mass is 283 g/mol. The van der Waals surface area contributed by atoms with Crippen LogP contribution in [0.25, 0.3) is 0 Å². The van der Waals surface area contributed by atoms with Gasteiger partial charge in [-0.3, -0.25) is 14.9 Å². The number of carbonyl (C=O) groups excluding carboxylic acids is 1. The molecule has 6 nitrogen and oxygen atoms in total. The van der Waals surface area contributed by atoms with Crippen molar-refractivity contribution < 1.29 is 14.1 Å². The van der Waals surface area contributed by atoms with Crippen molar-refractivity contribution in [2.24, 2.45) is 5.92 Å². The van der Waals surface area contributed by atoms with E-state index in [1.165, 1.54) is 13.0 Å².